The molecule has 1 aliphatic rings. The molecule has 172 valence electrons. The highest BCUT2D eigenvalue weighted by molar-refractivity contribution is 7.92. The smallest absolute Gasteiger partial charge is 0.264 e. The van der Waals surface area contributed by atoms with Gasteiger partial charge in [0.05, 0.1) is 16.0 Å². The molecule has 1 saturated carbocycles. The largest absolute Gasteiger partial charge is 0.322 e. The second-order valence-electron chi connectivity index (χ2n) is 8.44. The van der Waals surface area contributed by atoms with Gasteiger partial charge >= 0.3 is 0 Å². The van der Waals surface area contributed by atoms with Crippen LogP contribution < -0.4 is 10.0 Å². The molecular formula is C25H23N5O3S. The predicted octanol–water partition coefficient (Wildman–Crippen LogP) is 4.57. The average Bonchev–Trinajstić information content (AvgIpc) is 3.63. The summed E-state index contributed by atoms with van der Waals surface area (Å²) < 4.78 is 27.9. The molecule has 2 N–H and O–H groups in total. The number of nitrogens with zero attached hydrogens (tertiary/aromatic N) is 3. The lowest BCUT2D eigenvalue weighted by Crippen LogP contribution is -2.16. The van der Waals surface area contributed by atoms with Crippen LogP contribution in [0.5, 0.6) is 0 Å². The standard InChI is InChI=1S/C25H23N5O3S/c1-15-13-16(2)27-25(26-15)30-34(32,33)19-11-9-18(10-12-19)28-24(31)21-14-23(17-7-8-17)29-22-6-4-3-5-20(21)22/h3-6,9-14,17H,7-8H2,1-2H3,(H,28,31)(H,26,27,30). The quantitative estimate of drug-likeness (QED) is 0.424. The lowest BCUT2D eigenvalue weighted by atomic mass is 10.1. The summed E-state index contributed by atoms with van der Waals surface area (Å²) >= 11 is 0. The summed E-state index contributed by atoms with van der Waals surface area (Å²) in [7, 11) is -3.88. The summed E-state index contributed by atoms with van der Waals surface area (Å²) in [5.74, 6) is 0.165. The Morgan fingerprint density at radius 3 is 2.26 bits per heavy atom. The Hall–Kier alpha value is -3.85. The van der Waals surface area contributed by atoms with Crippen LogP contribution in [0.25, 0.3) is 10.9 Å². The maximum atomic E-state index is 13.1. The van der Waals surface area contributed by atoms with Crippen molar-refractivity contribution in [1.82, 2.24) is 15.0 Å². The molecule has 0 saturated heterocycles. The number of sulfonamides is 1. The van der Waals surface area contributed by atoms with Gasteiger partial charge in [-0.05, 0) is 69.2 Å². The SMILES string of the molecule is Cc1cc(C)nc(NS(=O)(=O)c2ccc(NC(=O)c3cc(C4CC4)nc4ccccc34)cc2)n1. The fourth-order valence-corrected chi connectivity index (χ4v) is 4.78. The molecule has 1 aliphatic carbocycles. The van der Waals surface area contributed by atoms with Gasteiger partial charge < -0.3 is 5.32 Å². The van der Waals surface area contributed by atoms with Crippen LogP contribution in [0, 0.1) is 13.8 Å². The number of anilines is 2. The number of carbonyl (C=O) groups is 1. The number of aromatic nitrogens is 3. The van der Waals surface area contributed by atoms with Gasteiger partial charge in [0.25, 0.3) is 15.9 Å². The average molecular weight is 474 g/mol. The van der Waals surface area contributed by atoms with Crippen LogP contribution in [-0.4, -0.2) is 29.3 Å². The fourth-order valence-electron chi connectivity index (χ4n) is 3.84. The van der Waals surface area contributed by atoms with Crippen LogP contribution in [0.2, 0.25) is 0 Å². The molecule has 34 heavy (non-hydrogen) atoms. The van der Waals surface area contributed by atoms with E-state index < -0.39 is 10.0 Å². The maximum Gasteiger partial charge on any atom is 0.264 e. The van der Waals surface area contributed by atoms with E-state index in [1.807, 2.05) is 30.3 Å². The molecule has 4 aromatic rings. The molecule has 0 atom stereocenters. The van der Waals surface area contributed by atoms with Crippen molar-refractivity contribution in [3.05, 3.63) is 83.3 Å². The highest BCUT2D eigenvalue weighted by Gasteiger charge is 2.27. The minimum Gasteiger partial charge on any atom is -0.322 e. The minimum atomic E-state index is -3.88. The zero-order valence-corrected chi connectivity index (χ0v) is 19.6. The Kier molecular flexibility index (Phi) is 5.49. The Labute approximate surface area is 197 Å². The lowest BCUT2D eigenvalue weighted by Gasteiger charge is -2.11. The molecule has 2 aromatic heterocycles. The third kappa shape index (κ3) is 4.60. The van der Waals surface area contributed by atoms with Crippen LogP contribution in [0.4, 0.5) is 11.6 Å². The van der Waals surface area contributed by atoms with Gasteiger partial charge in [-0.2, -0.15) is 0 Å². The van der Waals surface area contributed by atoms with Gasteiger partial charge in [0.1, 0.15) is 0 Å². The van der Waals surface area contributed by atoms with Gasteiger partial charge in [-0.3, -0.25) is 9.78 Å². The first-order chi connectivity index (χ1) is 16.3. The van der Waals surface area contributed by atoms with Crippen molar-refractivity contribution in [3.8, 4) is 0 Å². The van der Waals surface area contributed by atoms with Crippen molar-refractivity contribution < 1.29 is 13.2 Å². The second kappa shape index (κ2) is 8.49. The number of rotatable bonds is 6. The summed E-state index contributed by atoms with van der Waals surface area (Å²) in [5, 5.41) is 3.65. The summed E-state index contributed by atoms with van der Waals surface area (Å²) in [6.07, 6.45) is 2.17. The zero-order chi connectivity index (χ0) is 23.9. The normalized spacial score (nSPS) is 13.6. The van der Waals surface area contributed by atoms with E-state index in [4.69, 9.17) is 4.98 Å². The van der Waals surface area contributed by atoms with Crippen molar-refractivity contribution in [2.24, 2.45) is 0 Å². The highest BCUT2D eigenvalue weighted by atomic mass is 32.2. The number of pyridine rings is 1. The number of carbonyl (C=O) groups excluding carboxylic acids is 1. The van der Waals surface area contributed by atoms with Gasteiger partial charge in [-0.15, -0.1) is 0 Å². The number of benzene rings is 2. The third-order valence-electron chi connectivity index (χ3n) is 5.61. The number of hydrogen-bond acceptors (Lipinski definition) is 6. The van der Waals surface area contributed by atoms with Gasteiger partial charge in [0.2, 0.25) is 5.95 Å². The molecule has 2 heterocycles. The number of para-hydroxylation sites is 1. The number of amides is 1. The van der Waals surface area contributed by atoms with Crippen molar-refractivity contribution in [2.75, 3.05) is 10.0 Å². The Morgan fingerprint density at radius 2 is 1.59 bits per heavy atom. The second-order valence-corrected chi connectivity index (χ2v) is 10.1. The monoisotopic (exact) mass is 473 g/mol. The molecule has 0 aliphatic heterocycles. The molecule has 0 radical (unpaired) electrons. The van der Waals surface area contributed by atoms with E-state index >= 15 is 0 Å². The molecule has 0 spiro atoms. The van der Waals surface area contributed by atoms with Crippen LogP contribution in [-0.2, 0) is 10.0 Å². The molecule has 5 rings (SSSR count). The summed E-state index contributed by atoms with van der Waals surface area (Å²) in [5.41, 5.74) is 4.09. The number of hydrogen-bond donors (Lipinski definition) is 2. The summed E-state index contributed by atoms with van der Waals surface area (Å²) in [6.45, 7) is 3.53. The van der Waals surface area contributed by atoms with Crippen LogP contribution in [0.15, 0.2) is 65.6 Å². The van der Waals surface area contributed by atoms with Gasteiger partial charge in [0, 0.05) is 34.1 Å². The zero-order valence-electron chi connectivity index (χ0n) is 18.7. The molecule has 1 fully saturated rings. The minimum absolute atomic E-state index is 0.0194. The third-order valence-corrected chi connectivity index (χ3v) is 6.95. The first kappa shape index (κ1) is 22.0. The molecule has 8 nitrogen and oxygen atoms in total. The first-order valence-corrected chi connectivity index (χ1v) is 12.4. The lowest BCUT2D eigenvalue weighted by molar-refractivity contribution is 0.102. The Morgan fingerprint density at radius 1 is 0.912 bits per heavy atom. The van der Waals surface area contributed by atoms with E-state index in [2.05, 4.69) is 20.0 Å². The predicted molar refractivity (Wildman–Crippen MR) is 130 cm³/mol. The van der Waals surface area contributed by atoms with E-state index in [0.29, 0.717) is 28.6 Å². The van der Waals surface area contributed by atoms with Crippen molar-refractivity contribution in [1.29, 1.82) is 0 Å². The van der Waals surface area contributed by atoms with Gasteiger partial charge in [0.15, 0.2) is 0 Å². The maximum absolute atomic E-state index is 13.1. The van der Waals surface area contributed by atoms with Gasteiger partial charge in [-0.25, -0.2) is 23.1 Å². The van der Waals surface area contributed by atoms with Crippen LogP contribution in [0.3, 0.4) is 0 Å². The van der Waals surface area contributed by atoms with E-state index in [-0.39, 0.29) is 16.8 Å². The number of nitrogens with one attached hydrogen (secondary N) is 2. The van der Waals surface area contributed by atoms with Crippen molar-refractivity contribution >= 4 is 38.5 Å². The van der Waals surface area contributed by atoms with Crippen LogP contribution >= 0.6 is 0 Å². The number of aryl methyl sites for hydroxylation is 2. The summed E-state index contributed by atoms with van der Waals surface area (Å²) in [4.78, 5) is 26.1. The molecular weight excluding hydrogens is 450 g/mol. The van der Waals surface area contributed by atoms with Crippen molar-refractivity contribution in [3.63, 3.8) is 0 Å². The highest BCUT2D eigenvalue weighted by Crippen LogP contribution is 2.40. The van der Waals surface area contributed by atoms with Crippen LogP contribution in [0.1, 0.15) is 46.2 Å². The van der Waals surface area contributed by atoms with E-state index in [0.717, 1.165) is 29.4 Å². The number of fused-ring (bicyclic) bond motifs is 1. The molecule has 0 bridgehead atoms. The Balaban J connectivity index is 1.37. The van der Waals surface area contributed by atoms with E-state index in [1.165, 1.54) is 12.1 Å². The fraction of sp³-hybridized carbons (Fsp3) is 0.200. The van der Waals surface area contributed by atoms with Gasteiger partial charge in [-0.1, -0.05) is 18.2 Å². The molecule has 1 amide bonds. The first-order valence-electron chi connectivity index (χ1n) is 10.9. The van der Waals surface area contributed by atoms with E-state index in [9.17, 15) is 13.2 Å². The van der Waals surface area contributed by atoms with E-state index in [1.54, 1.807) is 32.0 Å². The Bertz CT molecular complexity index is 1490. The molecule has 2 aromatic carbocycles. The molecule has 9 heteroatoms. The topological polar surface area (TPSA) is 114 Å². The molecule has 0 unspecified atom stereocenters. The van der Waals surface area contributed by atoms with Crippen molar-refractivity contribution in [2.45, 2.75) is 37.5 Å². The summed E-state index contributed by atoms with van der Waals surface area (Å²) in [6, 6.07) is 17.2.